The van der Waals surface area contributed by atoms with E-state index in [0.29, 0.717) is 0 Å². The minimum atomic E-state index is -1.95. The summed E-state index contributed by atoms with van der Waals surface area (Å²) in [5.74, 6) is 0. The summed E-state index contributed by atoms with van der Waals surface area (Å²) in [4.78, 5) is 9.12. The number of rotatable bonds is 9. The lowest BCUT2D eigenvalue weighted by molar-refractivity contribution is 0.466. The zero-order valence-electron chi connectivity index (χ0n) is 9.54. The predicted octanol–water partition coefficient (Wildman–Crippen LogP) is 4.25. The van der Waals surface area contributed by atoms with E-state index in [4.69, 9.17) is 4.89 Å². The summed E-state index contributed by atoms with van der Waals surface area (Å²) < 4.78 is 11.0. The van der Waals surface area contributed by atoms with Crippen molar-refractivity contribution in [2.24, 2.45) is 0 Å². The zero-order chi connectivity index (χ0) is 10.8. The topological polar surface area (TPSA) is 37.3 Å². The molecule has 1 N–H and O–H groups in total. The summed E-state index contributed by atoms with van der Waals surface area (Å²) in [6, 6.07) is 0. The Labute approximate surface area is 89.0 Å². The molecule has 0 saturated heterocycles. The highest BCUT2D eigenvalue weighted by Gasteiger charge is 2.27. The molecule has 0 radical (unpaired) electrons. The lowest BCUT2D eigenvalue weighted by Crippen LogP contribution is -2.02. The molecule has 0 aliphatic rings. The summed E-state index contributed by atoms with van der Waals surface area (Å²) in [6.45, 7) is 4.32. The molecule has 0 rings (SSSR count). The Hall–Kier alpha value is 0.0600. The molecular formula is C11H24O2P+. The van der Waals surface area contributed by atoms with Gasteiger partial charge >= 0.3 is 8.03 Å². The van der Waals surface area contributed by atoms with Gasteiger partial charge in [0, 0.05) is 0 Å². The molecule has 3 heteroatoms. The molecule has 1 unspecified atom stereocenters. The first-order chi connectivity index (χ1) is 6.72. The number of unbranched alkanes of at least 4 members (excludes halogenated alkanes) is 4. The van der Waals surface area contributed by atoms with Gasteiger partial charge in [-0.05, 0) is 30.2 Å². The van der Waals surface area contributed by atoms with E-state index < -0.39 is 8.03 Å². The van der Waals surface area contributed by atoms with E-state index in [1.54, 1.807) is 0 Å². The average Bonchev–Trinajstić information content (AvgIpc) is 2.15. The first-order valence-corrected chi connectivity index (χ1v) is 7.15. The Balaban J connectivity index is 3.61. The molecule has 84 valence electrons. The second-order valence-electron chi connectivity index (χ2n) is 3.95. The maximum atomic E-state index is 11.0. The number of hydrogen-bond donors (Lipinski definition) is 1. The molecule has 0 bridgehead atoms. The molecule has 0 aliphatic carbocycles. The van der Waals surface area contributed by atoms with Gasteiger partial charge in [0.05, 0.1) is 0 Å². The van der Waals surface area contributed by atoms with Gasteiger partial charge in [-0.25, -0.2) is 0 Å². The van der Waals surface area contributed by atoms with Gasteiger partial charge in [0.25, 0.3) is 0 Å². The van der Waals surface area contributed by atoms with Crippen molar-refractivity contribution in [2.45, 2.75) is 70.9 Å². The lowest BCUT2D eigenvalue weighted by Gasteiger charge is -2.03. The molecule has 0 heterocycles. The standard InChI is InChI=1S/C11H23O2P/c1-3-5-7-9-11(14(12)13)10-8-6-4-2/h11H,3-10H2,1-2H3/p+1. The van der Waals surface area contributed by atoms with E-state index in [1.807, 2.05) is 0 Å². The Morgan fingerprint density at radius 1 is 1.00 bits per heavy atom. The van der Waals surface area contributed by atoms with E-state index in [9.17, 15) is 4.57 Å². The highest BCUT2D eigenvalue weighted by Crippen LogP contribution is 2.31. The normalized spacial score (nSPS) is 12.1. The highest BCUT2D eigenvalue weighted by molar-refractivity contribution is 7.38. The monoisotopic (exact) mass is 219 g/mol. The molecule has 0 fully saturated rings. The average molecular weight is 219 g/mol. The van der Waals surface area contributed by atoms with Crippen molar-refractivity contribution in [2.75, 3.05) is 0 Å². The fourth-order valence-electron chi connectivity index (χ4n) is 1.63. The Morgan fingerprint density at radius 3 is 1.71 bits per heavy atom. The van der Waals surface area contributed by atoms with Crippen LogP contribution in [0.15, 0.2) is 0 Å². The van der Waals surface area contributed by atoms with Crippen LogP contribution in [-0.4, -0.2) is 10.6 Å². The van der Waals surface area contributed by atoms with E-state index in [-0.39, 0.29) is 5.66 Å². The highest BCUT2D eigenvalue weighted by atomic mass is 31.1. The van der Waals surface area contributed by atoms with Crippen molar-refractivity contribution in [1.82, 2.24) is 0 Å². The fraction of sp³-hybridized carbons (Fsp3) is 1.00. The van der Waals surface area contributed by atoms with Crippen molar-refractivity contribution >= 4 is 8.03 Å². The second-order valence-corrected chi connectivity index (χ2v) is 5.28. The van der Waals surface area contributed by atoms with Crippen LogP contribution in [0.5, 0.6) is 0 Å². The summed E-state index contributed by atoms with van der Waals surface area (Å²) >= 11 is 0. The Bertz CT molecular complexity index is 138. The summed E-state index contributed by atoms with van der Waals surface area (Å²) in [5, 5.41) is 0. The molecule has 0 saturated carbocycles. The van der Waals surface area contributed by atoms with Crippen molar-refractivity contribution in [3.8, 4) is 0 Å². The van der Waals surface area contributed by atoms with Crippen LogP contribution in [-0.2, 0) is 4.57 Å². The second kappa shape index (κ2) is 9.61. The van der Waals surface area contributed by atoms with Crippen molar-refractivity contribution < 1.29 is 9.46 Å². The van der Waals surface area contributed by atoms with Gasteiger partial charge in [-0.15, -0.1) is 0 Å². The van der Waals surface area contributed by atoms with Gasteiger partial charge in [0.1, 0.15) is 0 Å². The van der Waals surface area contributed by atoms with E-state index in [0.717, 1.165) is 25.7 Å². The molecule has 0 aromatic heterocycles. The Kier molecular flexibility index (Phi) is 9.65. The van der Waals surface area contributed by atoms with Crippen LogP contribution in [0.25, 0.3) is 0 Å². The fourth-order valence-corrected chi connectivity index (χ4v) is 2.43. The van der Waals surface area contributed by atoms with Gasteiger partial charge < -0.3 is 0 Å². The minimum Gasteiger partial charge on any atom is -0.161 e. The quantitative estimate of drug-likeness (QED) is 0.465. The number of hydrogen-bond acceptors (Lipinski definition) is 1. The summed E-state index contributed by atoms with van der Waals surface area (Å²) in [7, 11) is -1.95. The van der Waals surface area contributed by atoms with Crippen LogP contribution in [0, 0.1) is 0 Å². The largest absolute Gasteiger partial charge is 0.508 e. The summed E-state index contributed by atoms with van der Waals surface area (Å²) in [6.07, 6.45) is 8.82. The molecule has 0 aromatic carbocycles. The molecule has 14 heavy (non-hydrogen) atoms. The van der Waals surface area contributed by atoms with Gasteiger partial charge in [-0.1, -0.05) is 39.5 Å². The maximum absolute atomic E-state index is 11.0. The van der Waals surface area contributed by atoms with Crippen LogP contribution >= 0.6 is 8.03 Å². The van der Waals surface area contributed by atoms with Crippen LogP contribution in [0.1, 0.15) is 65.2 Å². The molecular weight excluding hydrogens is 195 g/mol. The molecule has 1 atom stereocenters. The molecule has 2 nitrogen and oxygen atoms in total. The van der Waals surface area contributed by atoms with E-state index >= 15 is 0 Å². The van der Waals surface area contributed by atoms with Crippen LogP contribution < -0.4 is 0 Å². The third kappa shape index (κ3) is 7.46. The van der Waals surface area contributed by atoms with Crippen LogP contribution in [0.4, 0.5) is 0 Å². The van der Waals surface area contributed by atoms with Crippen molar-refractivity contribution in [1.29, 1.82) is 0 Å². The first-order valence-electron chi connectivity index (χ1n) is 5.87. The molecule has 0 aliphatic heterocycles. The molecule has 0 amide bonds. The van der Waals surface area contributed by atoms with E-state index in [1.165, 1.54) is 25.7 Å². The van der Waals surface area contributed by atoms with Gasteiger partial charge in [-0.3, -0.25) is 0 Å². The van der Waals surface area contributed by atoms with Gasteiger partial charge in [0.2, 0.25) is 0 Å². The van der Waals surface area contributed by atoms with Crippen LogP contribution in [0.3, 0.4) is 0 Å². The predicted molar refractivity (Wildman–Crippen MR) is 61.9 cm³/mol. The van der Waals surface area contributed by atoms with Gasteiger partial charge in [0.15, 0.2) is 5.66 Å². The third-order valence-corrected chi connectivity index (χ3v) is 3.74. The Morgan fingerprint density at radius 2 is 1.43 bits per heavy atom. The van der Waals surface area contributed by atoms with Crippen molar-refractivity contribution in [3.63, 3.8) is 0 Å². The molecule has 0 spiro atoms. The SMILES string of the molecule is CCCCCC(CCCCC)[P+](=O)O. The van der Waals surface area contributed by atoms with Gasteiger partial charge in [-0.2, -0.15) is 4.89 Å². The van der Waals surface area contributed by atoms with E-state index in [2.05, 4.69) is 13.8 Å². The van der Waals surface area contributed by atoms with Crippen LogP contribution in [0.2, 0.25) is 0 Å². The minimum absolute atomic E-state index is 0.0584. The summed E-state index contributed by atoms with van der Waals surface area (Å²) in [5.41, 5.74) is 0.0584. The maximum Gasteiger partial charge on any atom is 0.508 e. The third-order valence-electron chi connectivity index (χ3n) is 2.59. The molecule has 0 aromatic rings. The zero-order valence-corrected chi connectivity index (χ0v) is 10.4. The first kappa shape index (κ1) is 14.1. The smallest absolute Gasteiger partial charge is 0.161 e. The van der Waals surface area contributed by atoms with Crippen molar-refractivity contribution in [3.05, 3.63) is 0 Å². The lowest BCUT2D eigenvalue weighted by atomic mass is 10.1.